The minimum atomic E-state index is -4.46. The number of fused-ring (bicyclic) bond motifs is 1. The summed E-state index contributed by atoms with van der Waals surface area (Å²) in [7, 11) is 1.74. The fourth-order valence-electron chi connectivity index (χ4n) is 4.49. The smallest absolute Gasteiger partial charge is 0.394 e. The predicted molar refractivity (Wildman–Crippen MR) is 137 cm³/mol. The van der Waals surface area contributed by atoms with Crippen LogP contribution in [-0.4, -0.2) is 74.4 Å². The summed E-state index contributed by atoms with van der Waals surface area (Å²) in [5.41, 5.74) is 1.00. The Labute approximate surface area is 212 Å². The van der Waals surface area contributed by atoms with Crippen LogP contribution < -0.4 is 15.5 Å². The number of hydrogen-bond donors (Lipinski definition) is 2. The van der Waals surface area contributed by atoms with Crippen LogP contribution in [0.15, 0.2) is 30.5 Å². The Morgan fingerprint density at radius 3 is 2.61 bits per heavy atom. The number of ether oxygens (including phenoxy) is 1. The van der Waals surface area contributed by atoms with Gasteiger partial charge in [-0.2, -0.15) is 13.2 Å². The number of nitrogens with one attached hydrogen (secondary N) is 2. The van der Waals surface area contributed by atoms with E-state index in [9.17, 15) is 13.2 Å². The van der Waals surface area contributed by atoms with Crippen LogP contribution in [0.5, 0.6) is 0 Å². The Bertz CT molecular complexity index is 1230. The number of rotatable bonds is 6. The molecule has 192 valence electrons. The van der Waals surface area contributed by atoms with E-state index in [-0.39, 0.29) is 5.82 Å². The lowest BCUT2D eigenvalue weighted by Crippen LogP contribution is -2.42. The predicted octanol–water partition coefficient (Wildman–Crippen LogP) is 3.81. The zero-order chi connectivity index (χ0) is 25.1. The van der Waals surface area contributed by atoms with Crippen molar-refractivity contribution < 1.29 is 17.9 Å². The van der Waals surface area contributed by atoms with Crippen LogP contribution in [-0.2, 0) is 17.5 Å². The molecule has 5 rings (SSSR count). The monoisotopic (exact) mass is 518 g/mol. The van der Waals surface area contributed by atoms with Gasteiger partial charge in [0.2, 0.25) is 0 Å². The molecular weight excluding hydrogens is 489 g/mol. The number of alkyl halides is 3. The Hall–Kier alpha value is -2.73. The summed E-state index contributed by atoms with van der Waals surface area (Å²) in [5.74, 6) is 1.05. The zero-order valence-corrected chi connectivity index (χ0v) is 20.9. The first-order valence-electron chi connectivity index (χ1n) is 12.0. The topological polar surface area (TPSA) is 65.6 Å². The molecule has 0 unspecified atom stereocenters. The molecule has 2 fully saturated rings. The number of aromatic nitrogens is 2. The molecular formula is C25H29F3N6OS. The molecule has 2 aliphatic rings. The zero-order valence-electron chi connectivity index (χ0n) is 20.1. The Kier molecular flexibility index (Phi) is 7.42. The van der Waals surface area contributed by atoms with Gasteiger partial charge in [-0.05, 0) is 36.0 Å². The number of halogens is 3. The molecule has 1 aromatic carbocycles. The number of hydrogen-bond acceptors (Lipinski definition) is 8. The number of nitrogens with zero attached hydrogens (tertiary/aromatic N) is 4. The molecule has 2 aromatic heterocycles. The fraction of sp³-hybridized carbons (Fsp3) is 0.440. The number of benzene rings is 1. The third-order valence-corrected chi connectivity index (χ3v) is 7.46. The van der Waals surface area contributed by atoms with Gasteiger partial charge >= 0.3 is 6.18 Å². The molecule has 11 heteroatoms. The Balaban J connectivity index is 1.63. The first kappa shape index (κ1) is 24.9. The van der Waals surface area contributed by atoms with Crippen LogP contribution in [0.1, 0.15) is 16.0 Å². The summed E-state index contributed by atoms with van der Waals surface area (Å²) in [6.07, 6.45) is -1.04. The lowest BCUT2D eigenvalue weighted by molar-refractivity contribution is -0.137. The highest BCUT2D eigenvalue weighted by Crippen LogP contribution is 2.38. The number of anilines is 1. The van der Waals surface area contributed by atoms with E-state index < -0.39 is 11.7 Å². The first-order chi connectivity index (χ1) is 17.4. The lowest BCUT2D eigenvalue weighted by atomic mass is 10.0. The van der Waals surface area contributed by atoms with E-state index in [2.05, 4.69) is 26.5 Å². The molecule has 4 heterocycles. The maximum atomic E-state index is 13.6. The van der Waals surface area contributed by atoms with Crippen LogP contribution in [0.2, 0.25) is 0 Å². The molecule has 2 aliphatic heterocycles. The molecule has 0 radical (unpaired) electrons. The third kappa shape index (κ3) is 5.49. The average Bonchev–Trinajstić information content (AvgIpc) is 3.29. The van der Waals surface area contributed by atoms with Crippen LogP contribution in [0.25, 0.3) is 27.7 Å². The maximum absolute atomic E-state index is 13.6. The number of thiophene rings is 1. The maximum Gasteiger partial charge on any atom is 0.416 e. The first-order valence-corrected chi connectivity index (χ1v) is 12.9. The highest BCUT2D eigenvalue weighted by Gasteiger charge is 2.31. The molecule has 0 atom stereocenters. The van der Waals surface area contributed by atoms with Crippen LogP contribution in [0.3, 0.4) is 0 Å². The average molecular weight is 519 g/mol. The summed E-state index contributed by atoms with van der Waals surface area (Å²) in [4.78, 5) is 15.4. The van der Waals surface area contributed by atoms with Crippen molar-refractivity contribution in [2.75, 3.05) is 64.4 Å². The normalized spacial score (nSPS) is 17.8. The van der Waals surface area contributed by atoms with Gasteiger partial charge in [0.15, 0.2) is 11.6 Å². The highest BCUT2D eigenvalue weighted by atomic mass is 32.1. The van der Waals surface area contributed by atoms with E-state index in [0.717, 1.165) is 60.9 Å². The number of morpholine rings is 1. The lowest BCUT2D eigenvalue weighted by Gasteiger charge is -2.28. The second-order valence-electron chi connectivity index (χ2n) is 8.85. The van der Waals surface area contributed by atoms with Crippen LogP contribution in [0.4, 0.5) is 19.0 Å². The van der Waals surface area contributed by atoms with Crippen molar-refractivity contribution in [2.45, 2.75) is 12.7 Å². The van der Waals surface area contributed by atoms with Gasteiger partial charge in [-0.1, -0.05) is 6.07 Å². The molecule has 36 heavy (non-hydrogen) atoms. The van der Waals surface area contributed by atoms with Gasteiger partial charge in [-0.15, -0.1) is 11.3 Å². The summed E-state index contributed by atoms with van der Waals surface area (Å²) in [5, 5.41) is 6.27. The van der Waals surface area contributed by atoms with Crippen LogP contribution >= 0.6 is 11.3 Å². The van der Waals surface area contributed by atoms with Crippen molar-refractivity contribution in [3.8, 4) is 11.4 Å². The van der Waals surface area contributed by atoms with E-state index in [1.165, 1.54) is 10.9 Å². The van der Waals surface area contributed by atoms with Crippen molar-refractivity contribution in [3.05, 3.63) is 46.5 Å². The van der Waals surface area contributed by atoms with E-state index in [1.807, 2.05) is 0 Å². The minimum absolute atomic E-state index is 0.289. The van der Waals surface area contributed by atoms with Gasteiger partial charge in [-0.3, -0.25) is 4.90 Å². The molecule has 0 saturated carbocycles. The molecule has 0 bridgehead atoms. The summed E-state index contributed by atoms with van der Waals surface area (Å²) in [6, 6.07) is 5.77. The third-order valence-electron chi connectivity index (χ3n) is 6.36. The molecule has 0 spiro atoms. The SMILES string of the molecule is CN/C=C\c1ccc(C(F)(F)F)cc1-c1nc(N2CCOCC2)c2sc(CN3CCNCC3)cc2n1. The van der Waals surface area contributed by atoms with Crippen LogP contribution in [0, 0.1) is 0 Å². The summed E-state index contributed by atoms with van der Waals surface area (Å²) in [6.45, 7) is 7.22. The van der Waals surface area contributed by atoms with Crippen molar-refractivity contribution in [1.29, 1.82) is 0 Å². The van der Waals surface area contributed by atoms with Crippen molar-refractivity contribution >= 4 is 33.4 Å². The van der Waals surface area contributed by atoms with Gasteiger partial charge in [0, 0.05) is 63.3 Å². The van der Waals surface area contributed by atoms with Gasteiger partial charge in [0.05, 0.1) is 29.0 Å². The Morgan fingerprint density at radius 2 is 1.89 bits per heavy atom. The summed E-state index contributed by atoms with van der Waals surface area (Å²) >= 11 is 1.67. The van der Waals surface area contributed by atoms with E-state index in [1.54, 1.807) is 30.7 Å². The van der Waals surface area contributed by atoms with E-state index in [0.29, 0.717) is 37.4 Å². The van der Waals surface area contributed by atoms with Crippen molar-refractivity contribution in [1.82, 2.24) is 25.5 Å². The molecule has 3 aromatic rings. The molecule has 0 amide bonds. The van der Waals surface area contributed by atoms with E-state index >= 15 is 0 Å². The van der Waals surface area contributed by atoms with Gasteiger partial charge < -0.3 is 20.3 Å². The van der Waals surface area contributed by atoms with Gasteiger partial charge in [-0.25, -0.2) is 9.97 Å². The molecule has 7 nitrogen and oxygen atoms in total. The molecule has 2 N–H and O–H groups in total. The van der Waals surface area contributed by atoms with Crippen molar-refractivity contribution in [2.24, 2.45) is 0 Å². The minimum Gasteiger partial charge on any atom is -0.394 e. The standard InChI is InChI=1S/C25H29F3N6OS/c1-29-5-4-17-2-3-18(25(26,27)28)14-20(17)23-31-21-15-19(16-33-8-6-30-7-9-33)36-22(21)24(32-23)34-10-12-35-13-11-34/h2-5,14-15,29-30H,6-13,16H2,1H3/b5-4-. The highest BCUT2D eigenvalue weighted by molar-refractivity contribution is 7.19. The van der Waals surface area contributed by atoms with Gasteiger partial charge in [0.1, 0.15) is 0 Å². The quantitative estimate of drug-likeness (QED) is 0.515. The second-order valence-corrected chi connectivity index (χ2v) is 9.98. The molecule has 0 aliphatic carbocycles. The summed E-state index contributed by atoms with van der Waals surface area (Å²) < 4.78 is 47.3. The largest absolute Gasteiger partial charge is 0.416 e. The van der Waals surface area contributed by atoms with Gasteiger partial charge in [0.25, 0.3) is 0 Å². The van der Waals surface area contributed by atoms with E-state index in [4.69, 9.17) is 14.7 Å². The Morgan fingerprint density at radius 1 is 1.11 bits per heavy atom. The number of piperazine rings is 1. The second kappa shape index (κ2) is 10.7. The molecule has 2 saturated heterocycles. The van der Waals surface area contributed by atoms with Crippen molar-refractivity contribution in [3.63, 3.8) is 0 Å². The fourth-order valence-corrected chi connectivity index (χ4v) is 5.64.